The van der Waals surface area contributed by atoms with Crippen molar-refractivity contribution >= 4 is 29.2 Å². The number of rotatable bonds is 4. The monoisotopic (exact) mass is 310 g/mol. The van der Waals surface area contributed by atoms with Gasteiger partial charge in [0.05, 0.1) is 22.2 Å². The molecule has 2 rings (SSSR count). The van der Waals surface area contributed by atoms with E-state index in [1.54, 1.807) is 30.3 Å². The first-order valence-corrected chi connectivity index (χ1v) is 6.76. The zero-order valence-corrected chi connectivity index (χ0v) is 12.2. The van der Waals surface area contributed by atoms with Gasteiger partial charge in [-0.1, -0.05) is 35.3 Å². The molecule has 0 saturated heterocycles. The van der Waals surface area contributed by atoms with Crippen molar-refractivity contribution in [3.8, 4) is 11.5 Å². The molecule has 2 aromatic carbocycles. The predicted octanol–water partition coefficient (Wildman–Crippen LogP) is 4.61. The summed E-state index contributed by atoms with van der Waals surface area (Å²) in [6.45, 7) is 2.35. The molecule has 0 aliphatic rings. The number of para-hydroxylation sites is 2. The molecule has 20 heavy (non-hydrogen) atoms. The second-order valence-corrected chi connectivity index (χ2v) is 4.71. The lowest BCUT2D eigenvalue weighted by Crippen LogP contribution is -2.09. The van der Waals surface area contributed by atoms with E-state index in [1.165, 1.54) is 6.07 Å². The van der Waals surface area contributed by atoms with E-state index in [2.05, 4.69) is 0 Å². The Bertz CT molecular complexity index is 626. The van der Waals surface area contributed by atoms with E-state index in [0.717, 1.165) is 0 Å². The largest absolute Gasteiger partial charge is 0.490 e. The van der Waals surface area contributed by atoms with Gasteiger partial charge in [0.1, 0.15) is 0 Å². The van der Waals surface area contributed by atoms with Crippen LogP contribution in [0.1, 0.15) is 17.3 Å². The molecule has 0 amide bonds. The van der Waals surface area contributed by atoms with E-state index >= 15 is 0 Å². The van der Waals surface area contributed by atoms with Gasteiger partial charge in [0.15, 0.2) is 11.5 Å². The van der Waals surface area contributed by atoms with Crippen molar-refractivity contribution in [2.75, 3.05) is 6.61 Å². The molecule has 0 spiro atoms. The van der Waals surface area contributed by atoms with Crippen LogP contribution >= 0.6 is 23.2 Å². The van der Waals surface area contributed by atoms with Crippen LogP contribution in [-0.2, 0) is 0 Å². The first-order chi connectivity index (χ1) is 9.61. The number of hydrogen-bond acceptors (Lipinski definition) is 3. The molecule has 0 heterocycles. The maximum absolute atomic E-state index is 12.1. The third kappa shape index (κ3) is 3.44. The van der Waals surface area contributed by atoms with Crippen molar-refractivity contribution in [2.45, 2.75) is 6.92 Å². The molecule has 0 radical (unpaired) electrons. The second-order valence-electron chi connectivity index (χ2n) is 3.90. The second kappa shape index (κ2) is 6.64. The van der Waals surface area contributed by atoms with Crippen LogP contribution in [0.15, 0.2) is 42.5 Å². The zero-order valence-electron chi connectivity index (χ0n) is 10.7. The number of esters is 1. The van der Waals surface area contributed by atoms with Crippen LogP contribution < -0.4 is 9.47 Å². The number of carbonyl (C=O) groups excluding carboxylic acids is 1. The van der Waals surface area contributed by atoms with Crippen LogP contribution in [-0.4, -0.2) is 12.6 Å². The van der Waals surface area contributed by atoms with Gasteiger partial charge in [-0.2, -0.15) is 0 Å². The van der Waals surface area contributed by atoms with Gasteiger partial charge in [0.25, 0.3) is 0 Å². The Morgan fingerprint density at radius 3 is 2.40 bits per heavy atom. The lowest BCUT2D eigenvalue weighted by Gasteiger charge is -2.10. The summed E-state index contributed by atoms with van der Waals surface area (Å²) in [5, 5.41) is 0.692. The minimum atomic E-state index is -0.518. The fourth-order valence-corrected chi connectivity index (χ4v) is 1.89. The van der Waals surface area contributed by atoms with Crippen molar-refractivity contribution in [3.05, 3.63) is 58.1 Å². The summed E-state index contributed by atoms with van der Waals surface area (Å²) in [5.41, 5.74) is 0.325. The van der Waals surface area contributed by atoms with Gasteiger partial charge in [-0.25, -0.2) is 4.79 Å². The first-order valence-electron chi connectivity index (χ1n) is 6.01. The Labute approximate surface area is 127 Å². The highest BCUT2D eigenvalue weighted by Gasteiger charge is 2.13. The Morgan fingerprint density at radius 2 is 1.75 bits per heavy atom. The maximum atomic E-state index is 12.1. The molecule has 0 N–H and O–H groups in total. The number of benzene rings is 2. The van der Waals surface area contributed by atoms with Crippen molar-refractivity contribution in [2.24, 2.45) is 0 Å². The van der Waals surface area contributed by atoms with Crippen LogP contribution in [0.5, 0.6) is 11.5 Å². The molecule has 5 heteroatoms. The molecule has 0 atom stereocenters. The van der Waals surface area contributed by atoms with E-state index in [9.17, 15) is 4.79 Å². The quantitative estimate of drug-likeness (QED) is 0.611. The van der Waals surface area contributed by atoms with Crippen LogP contribution in [0.2, 0.25) is 10.0 Å². The van der Waals surface area contributed by atoms with Crippen molar-refractivity contribution in [1.29, 1.82) is 0 Å². The molecule has 0 aliphatic carbocycles. The molecule has 0 saturated carbocycles. The molecular formula is C15H12Cl2O3. The van der Waals surface area contributed by atoms with Crippen molar-refractivity contribution < 1.29 is 14.3 Å². The lowest BCUT2D eigenvalue weighted by molar-refractivity contribution is 0.0728. The summed E-state index contributed by atoms with van der Waals surface area (Å²) in [4.78, 5) is 12.1. The highest BCUT2D eigenvalue weighted by atomic mass is 35.5. The van der Waals surface area contributed by atoms with Gasteiger partial charge in [-0.3, -0.25) is 0 Å². The molecule has 0 aliphatic heterocycles. The fourth-order valence-electron chi connectivity index (χ4n) is 1.59. The molecular weight excluding hydrogens is 299 g/mol. The van der Waals surface area contributed by atoms with Crippen molar-refractivity contribution in [1.82, 2.24) is 0 Å². The number of ether oxygens (including phenoxy) is 2. The third-order valence-corrected chi connectivity index (χ3v) is 3.25. The smallest absolute Gasteiger partial charge is 0.343 e. The standard InChI is InChI=1S/C15H12Cl2O3/c1-2-19-13-5-3-4-6-14(13)20-15(18)10-7-8-11(16)12(17)9-10/h3-9H,2H2,1H3. The summed E-state index contributed by atoms with van der Waals surface area (Å²) < 4.78 is 10.7. The van der Waals surface area contributed by atoms with E-state index in [1.807, 2.05) is 13.0 Å². The predicted molar refractivity (Wildman–Crippen MR) is 79.0 cm³/mol. The Kier molecular flexibility index (Phi) is 4.88. The molecule has 104 valence electrons. The SMILES string of the molecule is CCOc1ccccc1OC(=O)c1ccc(Cl)c(Cl)c1. The topological polar surface area (TPSA) is 35.5 Å². The fraction of sp³-hybridized carbons (Fsp3) is 0.133. The normalized spacial score (nSPS) is 10.2. The molecule has 0 bridgehead atoms. The minimum absolute atomic E-state index is 0.305. The molecule has 0 fully saturated rings. The lowest BCUT2D eigenvalue weighted by atomic mass is 10.2. The molecule has 0 unspecified atom stereocenters. The number of hydrogen-bond donors (Lipinski definition) is 0. The highest BCUT2D eigenvalue weighted by Crippen LogP contribution is 2.28. The Morgan fingerprint density at radius 1 is 1.05 bits per heavy atom. The van der Waals surface area contributed by atoms with Crippen LogP contribution in [0.4, 0.5) is 0 Å². The van der Waals surface area contributed by atoms with E-state index in [0.29, 0.717) is 33.7 Å². The molecule has 2 aromatic rings. The van der Waals surface area contributed by atoms with Crippen molar-refractivity contribution in [3.63, 3.8) is 0 Å². The molecule has 3 nitrogen and oxygen atoms in total. The minimum Gasteiger partial charge on any atom is -0.490 e. The van der Waals surface area contributed by atoms with Gasteiger partial charge in [0, 0.05) is 0 Å². The summed E-state index contributed by atoms with van der Waals surface area (Å²) in [7, 11) is 0. The van der Waals surface area contributed by atoms with E-state index < -0.39 is 5.97 Å². The van der Waals surface area contributed by atoms with Crippen LogP contribution in [0, 0.1) is 0 Å². The summed E-state index contributed by atoms with van der Waals surface area (Å²) in [6.07, 6.45) is 0. The van der Waals surface area contributed by atoms with Gasteiger partial charge < -0.3 is 9.47 Å². The van der Waals surface area contributed by atoms with Crippen LogP contribution in [0.25, 0.3) is 0 Å². The maximum Gasteiger partial charge on any atom is 0.343 e. The van der Waals surface area contributed by atoms with Crippen LogP contribution in [0.3, 0.4) is 0 Å². The Balaban J connectivity index is 2.21. The van der Waals surface area contributed by atoms with Gasteiger partial charge in [-0.05, 0) is 37.3 Å². The number of carbonyl (C=O) groups is 1. The van der Waals surface area contributed by atoms with Gasteiger partial charge in [0.2, 0.25) is 0 Å². The first kappa shape index (κ1) is 14.7. The van der Waals surface area contributed by atoms with E-state index in [4.69, 9.17) is 32.7 Å². The summed E-state index contributed by atoms with van der Waals surface area (Å²) in [6, 6.07) is 11.5. The van der Waals surface area contributed by atoms with E-state index in [-0.39, 0.29) is 0 Å². The average molecular weight is 311 g/mol. The highest BCUT2D eigenvalue weighted by molar-refractivity contribution is 6.42. The zero-order chi connectivity index (χ0) is 14.5. The number of halogens is 2. The Hall–Kier alpha value is -1.71. The molecule has 0 aromatic heterocycles. The average Bonchev–Trinajstić information content (AvgIpc) is 2.44. The van der Waals surface area contributed by atoms with Gasteiger partial charge >= 0.3 is 5.97 Å². The third-order valence-electron chi connectivity index (χ3n) is 2.51. The van der Waals surface area contributed by atoms with Gasteiger partial charge in [-0.15, -0.1) is 0 Å². The summed E-state index contributed by atoms with van der Waals surface area (Å²) in [5.74, 6) is 0.365. The summed E-state index contributed by atoms with van der Waals surface area (Å²) >= 11 is 11.7.